The Kier molecular flexibility index (Phi) is 10.6. The molecule has 0 amide bonds. The normalized spacial score (nSPS) is 17.4. The molecular weight excluding hydrogens is 495 g/mol. The smallest absolute Gasteiger partial charge is 0.193 e. The lowest BCUT2D eigenvalue weighted by Crippen LogP contribution is -2.52. The van der Waals surface area contributed by atoms with E-state index < -0.39 is 10.8 Å². The number of nitrogens with one attached hydrogen (secondary N) is 1. The third kappa shape index (κ3) is 8.25. The average Bonchev–Trinajstić information content (AvgIpc) is 2.59. The fourth-order valence-electron chi connectivity index (χ4n) is 2.91. The molecule has 1 aromatic rings. The van der Waals surface area contributed by atoms with Gasteiger partial charge in [0.15, 0.2) is 5.96 Å². The second-order valence-electron chi connectivity index (χ2n) is 7.53. The number of piperazine rings is 1. The van der Waals surface area contributed by atoms with Crippen LogP contribution in [0.4, 0.5) is 0 Å². The Bertz CT molecular complexity index is 643. The first kappa shape index (κ1) is 24.7. The Morgan fingerprint density at radius 3 is 2.48 bits per heavy atom. The number of hydrogen-bond donors (Lipinski definition) is 1. The lowest BCUT2D eigenvalue weighted by atomic mass is 10.2. The van der Waals surface area contributed by atoms with E-state index in [4.69, 9.17) is 11.6 Å². The molecule has 154 valence electrons. The van der Waals surface area contributed by atoms with Crippen molar-refractivity contribution in [2.75, 3.05) is 45.5 Å². The van der Waals surface area contributed by atoms with E-state index in [0.29, 0.717) is 12.3 Å². The molecule has 1 aromatic carbocycles. The second-order valence-corrected chi connectivity index (χ2v) is 10.3. The number of rotatable bonds is 5. The standard InChI is InChI=1S/C19H31ClN4OS.HI/c1-19(2,3)26(25)13-8-22-18(21-4)24-11-9-23(10-12-24)15-16-6-5-7-17(20)14-16;/h5-7,14H,8-13,15H2,1-4H3,(H,21,22);1H. The van der Waals surface area contributed by atoms with Crippen molar-refractivity contribution in [3.63, 3.8) is 0 Å². The molecule has 1 aliphatic heterocycles. The Morgan fingerprint density at radius 1 is 1.26 bits per heavy atom. The van der Waals surface area contributed by atoms with E-state index in [2.05, 4.69) is 26.2 Å². The van der Waals surface area contributed by atoms with Gasteiger partial charge in [-0.05, 0) is 38.5 Å². The summed E-state index contributed by atoms with van der Waals surface area (Å²) in [6, 6.07) is 8.06. The van der Waals surface area contributed by atoms with Crippen LogP contribution in [0.5, 0.6) is 0 Å². The second kappa shape index (κ2) is 11.6. The predicted octanol–water partition coefficient (Wildman–Crippen LogP) is 3.20. The van der Waals surface area contributed by atoms with Crippen molar-refractivity contribution in [1.29, 1.82) is 0 Å². The molecule has 0 aliphatic carbocycles. The lowest BCUT2D eigenvalue weighted by Gasteiger charge is -2.36. The fraction of sp³-hybridized carbons (Fsp3) is 0.632. The molecule has 1 unspecified atom stereocenters. The maximum absolute atomic E-state index is 12.2. The minimum atomic E-state index is -0.846. The summed E-state index contributed by atoms with van der Waals surface area (Å²) in [7, 11) is 0.961. The minimum Gasteiger partial charge on any atom is -0.355 e. The summed E-state index contributed by atoms with van der Waals surface area (Å²) < 4.78 is 12.0. The van der Waals surface area contributed by atoms with Gasteiger partial charge in [0.2, 0.25) is 0 Å². The van der Waals surface area contributed by atoms with Gasteiger partial charge in [0.1, 0.15) is 0 Å². The summed E-state index contributed by atoms with van der Waals surface area (Å²) >= 11 is 6.07. The van der Waals surface area contributed by atoms with Gasteiger partial charge in [-0.1, -0.05) is 23.7 Å². The molecule has 1 fully saturated rings. The number of aliphatic imine (C=N–C) groups is 1. The SMILES string of the molecule is CN=C(NCCS(=O)C(C)(C)C)N1CCN(Cc2cccc(Cl)c2)CC1.I. The van der Waals surface area contributed by atoms with Crippen molar-refractivity contribution in [2.45, 2.75) is 32.1 Å². The van der Waals surface area contributed by atoms with E-state index in [1.807, 2.05) is 39.0 Å². The van der Waals surface area contributed by atoms with Crippen LogP contribution < -0.4 is 5.32 Å². The molecule has 1 aliphatic rings. The first-order chi connectivity index (χ1) is 12.3. The molecule has 1 N–H and O–H groups in total. The van der Waals surface area contributed by atoms with Crippen molar-refractivity contribution in [3.05, 3.63) is 34.9 Å². The van der Waals surface area contributed by atoms with Gasteiger partial charge in [0.05, 0.1) is 0 Å². The van der Waals surface area contributed by atoms with E-state index in [0.717, 1.165) is 43.7 Å². The van der Waals surface area contributed by atoms with E-state index in [1.54, 1.807) is 7.05 Å². The molecule has 1 atom stereocenters. The third-order valence-electron chi connectivity index (χ3n) is 4.43. The van der Waals surface area contributed by atoms with Gasteiger partial charge in [-0.3, -0.25) is 14.1 Å². The number of nitrogens with zero attached hydrogens (tertiary/aromatic N) is 3. The number of guanidine groups is 1. The highest BCUT2D eigenvalue weighted by Crippen LogP contribution is 2.14. The summed E-state index contributed by atoms with van der Waals surface area (Å²) in [5.74, 6) is 1.54. The zero-order valence-corrected chi connectivity index (χ0v) is 20.6. The summed E-state index contributed by atoms with van der Waals surface area (Å²) in [5, 5.41) is 4.15. The van der Waals surface area contributed by atoms with E-state index in [-0.39, 0.29) is 28.7 Å². The Morgan fingerprint density at radius 2 is 1.93 bits per heavy atom. The maximum atomic E-state index is 12.2. The zero-order chi connectivity index (χ0) is 19.2. The van der Waals surface area contributed by atoms with Gasteiger partial charge in [-0.25, -0.2) is 0 Å². The highest BCUT2D eigenvalue weighted by molar-refractivity contribution is 14.0. The van der Waals surface area contributed by atoms with Gasteiger partial charge in [-0.15, -0.1) is 24.0 Å². The summed E-state index contributed by atoms with van der Waals surface area (Å²) in [4.78, 5) is 9.09. The molecule has 0 saturated carbocycles. The van der Waals surface area contributed by atoms with Crippen molar-refractivity contribution in [1.82, 2.24) is 15.1 Å². The molecule has 0 spiro atoms. The summed E-state index contributed by atoms with van der Waals surface area (Å²) in [6.07, 6.45) is 0. The molecule has 0 aromatic heterocycles. The number of benzene rings is 1. The van der Waals surface area contributed by atoms with Gasteiger partial charge >= 0.3 is 0 Å². The summed E-state index contributed by atoms with van der Waals surface area (Å²) in [5.41, 5.74) is 1.25. The van der Waals surface area contributed by atoms with Gasteiger partial charge in [-0.2, -0.15) is 0 Å². The Labute approximate surface area is 188 Å². The van der Waals surface area contributed by atoms with E-state index in [1.165, 1.54) is 5.56 Å². The third-order valence-corrected chi connectivity index (χ3v) is 6.61. The van der Waals surface area contributed by atoms with Crippen molar-refractivity contribution in [3.8, 4) is 0 Å². The van der Waals surface area contributed by atoms with Crippen LogP contribution in [0.1, 0.15) is 26.3 Å². The highest BCUT2D eigenvalue weighted by Gasteiger charge is 2.21. The quantitative estimate of drug-likeness (QED) is 0.364. The monoisotopic (exact) mass is 526 g/mol. The van der Waals surface area contributed by atoms with E-state index in [9.17, 15) is 4.21 Å². The predicted molar refractivity (Wildman–Crippen MR) is 128 cm³/mol. The Hall–Kier alpha value is -0.380. The first-order valence-corrected chi connectivity index (χ1v) is 10.8. The zero-order valence-electron chi connectivity index (χ0n) is 16.7. The van der Waals surface area contributed by atoms with Crippen LogP contribution in [0.25, 0.3) is 0 Å². The lowest BCUT2D eigenvalue weighted by molar-refractivity contribution is 0.172. The maximum Gasteiger partial charge on any atom is 0.193 e. The molecule has 1 saturated heterocycles. The molecule has 2 rings (SSSR count). The first-order valence-electron chi connectivity index (χ1n) is 9.10. The molecular formula is C19H32ClIN4OS. The van der Waals surface area contributed by atoms with Crippen LogP contribution in [0, 0.1) is 0 Å². The minimum absolute atomic E-state index is 0. The van der Waals surface area contributed by atoms with Crippen LogP contribution in [-0.4, -0.2) is 70.2 Å². The van der Waals surface area contributed by atoms with Crippen LogP contribution in [-0.2, 0) is 17.3 Å². The Balaban J connectivity index is 0.00000364. The van der Waals surface area contributed by atoms with Gasteiger partial charge in [0, 0.05) is 72.6 Å². The van der Waals surface area contributed by atoms with Crippen LogP contribution in [0.15, 0.2) is 29.3 Å². The van der Waals surface area contributed by atoms with Crippen molar-refractivity contribution >= 4 is 52.3 Å². The van der Waals surface area contributed by atoms with Crippen LogP contribution in [0.2, 0.25) is 5.02 Å². The fourth-order valence-corrected chi connectivity index (χ4v) is 4.02. The van der Waals surface area contributed by atoms with Crippen LogP contribution in [0.3, 0.4) is 0 Å². The molecule has 8 heteroatoms. The highest BCUT2D eigenvalue weighted by atomic mass is 127. The van der Waals surface area contributed by atoms with Gasteiger partial charge < -0.3 is 10.2 Å². The number of halogens is 2. The summed E-state index contributed by atoms with van der Waals surface area (Å²) in [6.45, 7) is 11.5. The molecule has 0 bridgehead atoms. The largest absolute Gasteiger partial charge is 0.355 e. The topological polar surface area (TPSA) is 47.9 Å². The molecule has 5 nitrogen and oxygen atoms in total. The average molecular weight is 527 g/mol. The molecule has 0 radical (unpaired) electrons. The number of hydrogen-bond acceptors (Lipinski definition) is 3. The van der Waals surface area contributed by atoms with Crippen molar-refractivity contribution < 1.29 is 4.21 Å². The van der Waals surface area contributed by atoms with E-state index >= 15 is 0 Å². The van der Waals surface area contributed by atoms with Gasteiger partial charge in [0.25, 0.3) is 0 Å². The van der Waals surface area contributed by atoms with Crippen LogP contribution >= 0.6 is 35.6 Å². The molecule has 27 heavy (non-hydrogen) atoms. The molecule has 1 heterocycles. The van der Waals surface area contributed by atoms with Crippen molar-refractivity contribution in [2.24, 2.45) is 4.99 Å².